The number of hydrogen-bond acceptors (Lipinski definition) is 3. The van der Waals surface area contributed by atoms with Crippen LogP contribution in [0.1, 0.15) is 30.0 Å². The largest absolute Gasteiger partial charge is 0.480 e. The van der Waals surface area contributed by atoms with Crippen LogP contribution in [-0.2, 0) is 4.79 Å². The maximum atomic E-state index is 11.9. The van der Waals surface area contributed by atoms with Gasteiger partial charge < -0.3 is 5.11 Å². The van der Waals surface area contributed by atoms with Gasteiger partial charge in [0.25, 0.3) is 0 Å². The van der Waals surface area contributed by atoms with E-state index in [-0.39, 0.29) is 6.04 Å². The third-order valence-corrected chi connectivity index (χ3v) is 6.20. The van der Waals surface area contributed by atoms with Crippen molar-refractivity contribution in [2.75, 3.05) is 12.8 Å². The van der Waals surface area contributed by atoms with Crippen LogP contribution in [0.2, 0.25) is 0 Å². The third kappa shape index (κ3) is 3.47. The monoisotopic (exact) mass is 377 g/mol. The summed E-state index contributed by atoms with van der Waals surface area (Å²) in [5, 5.41) is 12.2. The smallest absolute Gasteiger partial charge is 0.320 e. The Kier molecular flexibility index (Phi) is 5.19. The van der Waals surface area contributed by atoms with Gasteiger partial charge in [-0.15, -0.1) is 11.8 Å². The Labute approximate surface area is 164 Å². The Bertz CT molecular complexity index is 949. The van der Waals surface area contributed by atoms with Crippen LogP contribution in [0.25, 0.3) is 10.8 Å². The van der Waals surface area contributed by atoms with Gasteiger partial charge in [0.15, 0.2) is 0 Å². The SMILES string of the molecule is CSc1ccc(C(c2cccc3ccccc23)N2CCCC2C(=O)O)cc1. The number of aliphatic carboxylic acids is 1. The summed E-state index contributed by atoms with van der Waals surface area (Å²) in [5.41, 5.74) is 2.33. The second-order valence-electron chi connectivity index (χ2n) is 6.98. The van der Waals surface area contributed by atoms with Gasteiger partial charge in [0, 0.05) is 11.4 Å². The van der Waals surface area contributed by atoms with Crippen molar-refractivity contribution in [3.8, 4) is 0 Å². The normalized spacial score (nSPS) is 18.6. The number of rotatable bonds is 5. The average Bonchev–Trinajstić information content (AvgIpc) is 3.19. The van der Waals surface area contributed by atoms with Gasteiger partial charge >= 0.3 is 5.97 Å². The van der Waals surface area contributed by atoms with Crippen molar-refractivity contribution in [3.05, 3.63) is 77.9 Å². The third-order valence-electron chi connectivity index (χ3n) is 5.46. The Morgan fingerprint density at radius 2 is 1.81 bits per heavy atom. The van der Waals surface area contributed by atoms with E-state index < -0.39 is 12.0 Å². The van der Waals surface area contributed by atoms with Gasteiger partial charge in [0.05, 0.1) is 6.04 Å². The van der Waals surface area contributed by atoms with Crippen LogP contribution in [0, 0.1) is 0 Å². The quantitative estimate of drug-likeness (QED) is 0.621. The van der Waals surface area contributed by atoms with E-state index in [9.17, 15) is 9.90 Å². The van der Waals surface area contributed by atoms with Crippen molar-refractivity contribution in [2.24, 2.45) is 0 Å². The standard InChI is InChI=1S/C23H23NO2S/c1-27-18-13-11-17(12-14-18)22(24-15-5-10-21(24)23(25)26)20-9-4-7-16-6-2-3-8-19(16)20/h2-4,6-9,11-14,21-22H,5,10,15H2,1H3,(H,25,26). The Balaban J connectivity index is 1.88. The summed E-state index contributed by atoms with van der Waals surface area (Å²) in [6.07, 6.45) is 3.69. The lowest BCUT2D eigenvalue weighted by Gasteiger charge is -2.33. The molecule has 1 saturated heterocycles. The van der Waals surface area contributed by atoms with Crippen molar-refractivity contribution in [1.29, 1.82) is 0 Å². The van der Waals surface area contributed by atoms with E-state index in [1.165, 1.54) is 21.2 Å². The van der Waals surface area contributed by atoms with Gasteiger partial charge in [-0.1, -0.05) is 54.6 Å². The summed E-state index contributed by atoms with van der Waals surface area (Å²) in [4.78, 5) is 15.3. The lowest BCUT2D eigenvalue weighted by molar-refractivity contribution is -0.142. The summed E-state index contributed by atoms with van der Waals surface area (Å²) in [7, 11) is 0. The number of carboxylic acid groups (broad SMARTS) is 1. The van der Waals surface area contributed by atoms with E-state index in [4.69, 9.17) is 0 Å². The highest BCUT2D eigenvalue weighted by molar-refractivity contribution is 7.98. The van der Waals surface area contributed by atoms with Crippen LogP contribution in [0.3, 0.4) is 0 Å². The molecule has 0 spiro atoms. The van der Waals surface area contributed by atoms with E-state index in [0.717, 1.165) is 18.5 Å². The number of benzene rings is 3. The molecule has 3 nitrogen and oxygen atoms in total. The first kappa shape index (κ1) is 18.1. The van der Waals surface area contributed by atoms with E-state index >= 15 is 0 Å². The predicted octanol–water partition coefficient (Wildman–Crippen LogP) is 5.20. The molecule has 3 aromatic carbocycles. The minimum atomic E-state index is -0.724. The molecule has 1 fully saturated rings. The molecule has 2 unspecified atom stereocenters. The van der Waals surface area contributed by atoms with Crippen molar-refractivity contribution >= 4 is 28.5 Å². The molecule has 4 heteroatoms. The first-order valence-electron chi connectivity index (χ1n) is 9.29. The molecule has 1 heterocycles. The highest BCUT2D eigenvalue weighted by Crippen LogP contribution is 2.38. The molecule has 1 aliphatic rings. The fraction of sp³-hybridized carbons (Fsp3) is 0.261. The van der Waals surface area contributed by atoms with Crippen molar-refractivity contribution < 1.29 is 9.90 Å². The summed E-state index contributed by atoms with van der Waals surface area (Å²) in [5.74, 6) is -0.724. The fourth-order valence-electron chi connectivity index (χ4n) is 4.19. The molecule has 3 aromatic rings. The molecule has 0 aliphatic carbocycles. The van der Waals surface area contributed by atoms with Crippen LogP contribution in [0.4, 0.5) is 0 Å². The fourth-order valence-corrected chi connectivity index (χ4v) is 4.60. The molecule has 0 aromatic heterocycles. The van der Waals surface area contributed by atoms with E-state index in [0.29, 0.717) is 6.42 Å². The van der Waals surface area contributed by atoms with Gasteiger partial charge in [-0.25, -0.2) is 0 Å². The summed E-state index contributed by atoms with van der Waals surface area (Å²) >= 11 is 1.72. The first-order valence-corrected chi connectivity index (χ1v) is 10.5. The van der Waals surface area contributed by atoms with Crippen molar-refractivity contribution in [2.45, 2.75) is 29.8 Å². The second kappa shape index (κ2) is 7.75. The second-order valence-corrected chi connectivity index (χ2v) is 7.86. The van der Waals surface area contributed by atoms with Gasteiger partial charge in [-0.2, -0.15) is 0 Å². The molecule has 0 radical (unpaired) electrons. The highest BCUT2D eigenvalue weighted by atomic mass is 32.2. The number of thioether (sulfide) groups is 1. The number of fused-ring (bicyclic) bond motifs is 1. The molecular formula is C23H23NO2S. The molecule has 4 rings (SSSR count). The zero-order chi connectivity index (χ0) is 18.8. The molecule has 138 valence electrons. The Hall–Kier alpha value is -2.30. The minimum absolute atomic E-state index is 0.0596. The van der Waals surface area contributed by atoms with Crippen LogP contribution in [0.5, 0.6) is 0 Å². The number of carbonyl (C=O) groups is 1. The molecule has 1 aliphatic heterocycles. The topological polar surface area (TPSA) is 40.5 Å². The number of nitrogens with zero attached hydrogens (tertiary/aromatic N) is 1. The molecule has 0 saturated carbocycles. The molecular weight excluding hydrogens is 354 g/mol. The summed E-state index contributed by atoms with van der Waals surface area (Å²) < 4.78 is 0. The van der Waals surface area contributed by atoms with E-state index in [2.05, 4.69) is 71.8 Å². The molecule has 1 N–H and O–H groups in total. The lowest BCUT2D eigenvalue weighted by atomic mass is 9.92. The molecule has 0 bridgehead atoms. The molecule has 0 amide bonds. The van der Waals surface area contributed by atoms with Crippen molar-refractivity contribution in [1.82, 2.24) is 4.90 Å². The maximum absolute atomic E-state index is 11.9. The average molecular weight is 378 g/mol. The van der Waals surface area contributed by atoms with Crippen molar-refractivity contribution in [3.63, 3.8) is 0 Å². The van der Waals surface area contributed by atoms with Crippen LogP contribution in [-0.4, -0.2) is 34.8 Å². The molecule has 2 atom stereocenters. The van der Waals surface area contributed by atoms with Gasteiger partial charge in [-0.3, -0.25) is 9.69 Å². The van der Waals surface area contributed by atoms with Crippen LogP contribution in [0.15, 0.2) is 71.6 Å². The number of carboxylic acids is 1. The van der Waals surface area contributed by atoms with Gasteiger partial charge in [0.1, 0.15) is 6.04 Å². The highest BCUT2D eigenvalue weighted by Gasteiger charge is 2.37. The zero-order valence-corrected chi connectivity index (χ0v) is 16.2. The van der Waals surface area contributed by atoms with Gasteiger partial charge in [-0.05, 0) is 53.1 Å². The zero-order valence-electron chi connectivity index (χ0n) is 15.3. The summed E-state index contributed by atoms with van der Waals surface area (Å²) in [6.45, 7) is 0.801. The maximum Gasteiger partial charge on any atom is 0.320 e. The van der Waals surface area contributed by atoms with E-state index in [1.54, 1.807) is 11.8 Å². The molecule has 27 heavy (non-hydrogen) atoms. The van der Waals surface area contributed by atoms with E-state index in [1.807, 2.05) is 6.07 Å². The van der Waals surface area contributed by atoms with Crippen LogP contribution < -0.4 is 0 Å². The van der Waals surface area contributed by atoms with Crippen LogP contribution >= 0.6 is 11.8 Å². The predicted molar refractivity (Wildman–Crippen MR) is 111 cm³/mol. The number of hydrogen-bond donors (Lipinski definition) is 1. The lowest BCUT2D eigenvalue weighted by Crippen LogP contribution is -2.39. The Morgan fingerprint density at radius 1 is 1.07 bits per heavy atom. The minimum Gasteiger partial charge on any atom is -0.480 e. The summed E-state index contributed by atoms with van der Waals surface area (Å²) in [6, 6.07) is 22.8. The Morgan fingerprint density at radius 3 is 2.56 bits per heavy atom. The number of likely N-dealkylation sites (tertiary alicyclic amines) is 1. The first-order chi connectivity index (χ1) is 13.2. The van der Waals surface area contributed by atoms with Gasteiger partial charge in [0.2, 0.25) is 0 Å².